The first-order valence-electron chi connectivity index (χ1n) is 13.5. The lowest BCUT2D eigenvalue weighted by Crippen LogP contribution is -2.53. The van der Waals surface area contributed by atoms with Crippen LogP contribution >= 0.6 is 0 Å². The van der Waals surface area contributed by atoms with Crippen molar-refractivity contribution in [1.82, 2.24) is 15.5 Å². The van der Waals surface area contributed by atoms with E-state index in [0.717, 1.165) is 10.5 Å². The van der Waals surface area contributed by atoms with Crippen molar-refractivity contribution >= 4 is 23.9 Å². The number of rotatable bonds is 9. The first kappa shape index (κ1) is 33.4. The highest BCUT2D eigenvalue weighted by Crippen LogP contribution is 2.23. The number of alkyl carbamates (subject to hydrolysis) is 1. The molecule has 9 heteroatoms. The lowest BCUT2D eigenvalue weighted by molar-refractivity contribution is -0.159. The van der Waals surface area contributed by atoms with E-state index < -0.39 is 53.2 Å². The second kappa shape index (κ2) is 14.2. The van der Waals surface area contributed by atoms with Crippen molar-refractivity contribution in [3.63, 3.8) is 0 Å². The van der Waals surface area contributed by atoms with Gasteiger partial charge in [0.2, 0.25) is 5.91 Å². The van der Waals surface area contributed by atoms with Gasteiger partial charge in [0.15, 0.2) is 0 Å². The highest BCUT2D eigenvalue weighted by Gasteiger charge is 2.37. The zero-order valence-electron chi connectivity index (χ0n) is 25.2. The van der Waals surface area contributed by atoms with E-state index in [1.54, 1.807) is 65.8 Å². The third kappa shape index (κ3) is 10.3. The van der Waals surface area contributed by atoms with E-state index in [0.29, 0.717) is 11.1 Å². The van der Waals surface area contributed by atoms with E-state index in [1.165, 1.54) is 6.92 Å². The van der Waals surface area contributed by atoms with Gasteiger partial charge in [-0.15, -0.1) is 6.42 Å². The molecule has 0 aliphatic carbocycles. The van der Waals surface area contributed by atoms with Crippen molar-refractivity contribution in [3.05, 3.63) is 71.3 Å². The Labute approximate surface area is 248 Å². The van der Waals surface area contributed by atoms with Gasteiger partial charge in [-0.25, -0.2) is 9.59 Å². The molecule has 2 N–H and O–H groups in total. The molecule has 3 unspecified atom stereocenters. The van der Waals surface area contributed by atoms with Gasteiger partial charge in [0, 0.05) is 18.0 Å². The molecule has 0 radical (unpaired) electrons. The van der Waals surface area contributed by atoms with E-state index in [2.05, 4.69) is 22.6 Å². The molecule has 0 saturated carbocycles. The zero-order chi connectivity index (χ0) is 31.7. The topological polar surface area (TPSA) is 114 Å². The van der Waals surface area contributed by atoms with Crippen molar-refractivity contribution < 1.29 is 28.7 Å². The van der Waals surface area contributed by atoms with Crippen LogP contribution in [0.1, 0.15) is 71.2 Å². The maximum absolute atomic E-state index is 13.9. The van der Waals surface area contributed by atoms with Crippen molar-refractivity contribution in [2.75, 3.05) is 0 Å². The van der Waals surface area contributed by atoms with Crippen LogP contribution in [0.3, 0.4) is 0 Å². The number of benzene rings is 2. The molecular formula is C33H39N3O6. The number of hydrogen-bond acceptors (Lipinski definition) is 6. The first-order valence-corrected chi connectivity index (χ1v) is 13.5. The summed E-state index contributed by atoms with van der Waals surface area (Å²) in [6.07, 6.45) is 10.6. The number of carbonyl (C=O) groups excluding carboxylic acids is 4. The Morgan fingerprint density at radius 3 is 1.93 bits per heavy atom. The fourth-order valence-electron chi connectivity index (χ4n) is 3.87. The molecule has 9 nitrogen and oxygen atoms in total. The van der Waals surface area contributed by atoms with Crippen molar-refractivity contribution in [3.8, 4) is 24.8 Å². The smallest absolute Gasteiger partial charge is 0.408 e. The second-order valence-corrected chi connectivity index (χ2v) is 11.7. The van der Waals surface area contributed by atoms with Crippen molar-refractivity contribution in [2.24, 2.45) is 0 Å². The SMILES string of the molecule is C#Cc1ccc(C(C(=O)NC(Cc2ccccc2)C(=O)OC(C)(C)C)N(C#C)C(=O)C(C)NC(=O)OC(C)(C)C)cc1. The van der Waals surface area contributed by atoms with Crippen LogP contribution in [0, 0.1) is 24.8 Å². The number of ether oxygens (including phenoxy) is 2. The molecular weight excluding hydrogens is 534 g/mol. The summed E-state index contributed by atoms with van der Waals surface area (Å²) >= 11 is 0. The Hall–Kier alpha value is -4.76. The average Bonchev–Trinajstić information content (AvgIpc) is 2.89. The summed E-state index contributed by atoms with van der Waals surface area (Å²) < 4.78 is 10.8. The van der Waals surface area contributed by atoms with Crippen LogP contribution in [0.25, 0.3) is 0 Å². The number of nitrogens with one attached hydrogen (secondary N) is 2. The quantitative estimate of drug-likeness (QED) is 0.265. The van der Waals surface area contributed by atoms with Crippen LogP contribution in [0.5, 0.6) is 0 Å². The summed E-state index contributed by atoms with van der Waals surface area (Å²) in [5.41, 5.74) is 0.0563. The van der Waals surface area contributed by atoms with Crippen LogP contribution in [-0.2, 0) is 30.3 Å². The minimum Gasteiger partial charge on any atom is -0.458 e. The highest BCUT2D eigenvalue weighted by molar-refractivity contribution is 5.94. The molecule has 0 bridgehead atoms. The Balaban J connectivity index is 2.47. The highest BCUT2D eigenvalue weighted by atomic mass is 16.6. The summed E-state index contributed by atoms with van der Waals surface area (Å²) in [6.45, 7) is 11.6. The second-order valence-electron chi connectivity index (χ2n) is 11.7. The third-order valence-corrected chi connectivity index (χ3v) is 5.67. The Kier molecular flexibility index (Phi) is 11.3. The molecule has 0 aliphatic heterocycles. The molecule has 2 aromatic rings. The normalized spacial score (nSPS) is 13.3. The van der Waals surface area contributed by atoms with Gasteiger partial charge >= 0.3 is 12.1 Å². The van der Waals surface area contributed by atoms with E-state index in [1.807, 2.05) is 30.3 Å². The van der Waals surface area contributed by atoms with Crippen LogP contribution < -0.4 is 10.6 Å². The lowest BCUT2D eigenvalue weighted by atomic mass is 10.0. The van der Waals surface area contributed by atoms with E-state index >= 15 is 0 Å². The van der Waals surface area contributed by atoms with Gasteiger partial charge < -0.3 is 20.1 Å². The zero-order valence-corrected chi connectivity index (χ0v) is 25.2. The molecule has 3 atom stereocenters. The van der Waals surface area contributed by atoms with Gasteiger partial charge in [0.25, 0.3) is 5.91 Å². The van der Waals surface area contributed by atoms with E-state index in [4.69, 9.17) is 22.3 Å². The summed E-state index contributed by atoms with van der Waals surface area (Å²) in [5, 5.41) is 5.19. The van der Waals surface area contributed by atoms with E-state index in [-0.39, 0.29) is 6.42 Å². The predicted molar refractivity (Wildman–Crippen MR) is 160 cm³/mol. The fourth-order valence-corrected chi connectivity index (χ4v) is 3.87. The van der Waals surface area contributed by atoms with Gasteiger partial charge in [0.1, 0.15) is 29.3 Å². The van der Waals surface area contributed by atoms with Crippen LogP contribution in [0.2, 0.25) is 0 Å². The number of terminal acetylenes is 2. The number of hydrogen-bond donors (Lipinski definition) is 2. The van der Waals surface area contributed by atoms with Crippen LogP contribution in [0.4, 0.5) is 4.79 Å². The molecule has 0 heterocycles. The molecule has 42 heavy (non-hydrogen) atoms. The third-order valence-electron chi connectivity index (χ3n) is 5.67. The molecule has 0 saturated heterocycles. The Morgan fingerprint density at radius 2 is 1.43 bits per heavy atom. The number of carbonyl (C=O) groups is 4. The van der Waals surface area contributed by atoms with Crippen LogP contribution in [0.15, 0.2) is 54.6 Å². The monoisotopic (exact) mass is 573 g/mol. The Bertz CT molecular complexity index is 1340. The summed E-state index contributed by atoms with van der Waals surface area (Å²) in [6, 6.07) is 14.1. The standard InChI is InChI=1S/C33H39N3O6/c1-10-23-17-19-25(20-18-23)27(36(11-2)29(38)22(3)34-31(40)42-33(7,8)9)28(37)35-26(30(39)41-32(4,5)6)21-24-15-13-12-14-16-24/h1-2,12-20,22,26-27H,21H2,3-9H3,(H,34,40)(H,35,37). The number of esters is 1. The molecule has 0 aromatic heterocycles. The van der Waals surface area contributed by atoms with Gasteiger partial charge in [-0.2, -0.15) is 0 Å². The molecule has 2 rings (SSSR count). The van der Waals surface area contributed by atoms with E-state index in [9.17, 15) is 19.2 Å². The molecule has 0 fully saturated rings. The van der Waals surface area contributed by atoms with Gasteiger partial charge in [-0.1, -0.05) is 54.8 Å². The number of nitrogens with zero attached hydrogens (tertiary/aromatic N) is 1. The molecule has 2 aromatic carbocycles. The minimum absolute atomic E-state index is 0.130. The van der Waals surface area contributed by atoms with Gasteiger partial charge in [-0.3, -0.25) is 14.5 Å². The summed E-state index contributed by atoms with van der Waals surface area (Å²) in [5.74, 6) is 0.367. The first-order chi connectivity index (χ1) is 19.5. The predicted octanol–water partition coefficient (Wildman–Crippen LogP) is 4.11. The largest absolute Gasteiger partial charge is 0.458 e. The van der Waals surface area contributed by atoms with Crippen LogP contribution in [-0.4, -0.2) is 52.1 Å². The van der Waals surface area contributed by atoms with Crippen molar-refractivity contribution in [1.29, 1.82) is 0 Å². The lowest BCUT2D eigenvalue weighted by Gasteiger charge is -2.31. The average molecular weight is 574 g/mol. The fraction of sp³-hybridized carbons (Fsp3) is 0.394. The molecule has 0 aliphatic rings. The van der Waals surface area contributed by atoms with Crippen molar-refractivity contribution in [2.45, 2.75) is 84.2 Å². The summed E-state index contributed by atoms with van der Waals surface area (Å²) in [7, 11) is 0. The van der Waals surface area contributed by atoms with Gasteiger partial charge in [0.05, 0.1) is 0 Å². The summed E-state index contributed by atoms with van der Waals surface area (Å²) in [4.78, 5) is 53.9. The van der Waals surface area contributed by atoms with Gasteiger partial charge in [-0.05, 0) is 71.7 Å². The molecule has 0 spiro atoms. The molecule has 3 amide bonds. The number of amides is 3. The maximum Gasteiger partial charge on any atom is 0.408 e. The molecule has 222 valence electrons. The Morgan fingerprint density at radius 1 is 0.857 bits per heavy atom. The maximum atomic E-state index is 13.9. The minimum atomic E-state index is -1.38.